The van der Waals surface area contributed by atoms with Crippen LogP contribution in [0.5, 0.6) is 0 Å². The molecule has 1 aliphatic carbocycles. The van der Waals surface area contributed by atoms with Crippen LogP contribution in [0.15, 0.2) is 60.7 Å². The van der Waals surface area contributed by atoms with Gasteiger partial charge >= 0.3 is 0 Å². The van der Waals surface area contributed by atoms with Crippen molar-refractivity contribution in [3.05, 3.63) is 94.6 Å². The molecule has 4 nitrogen and oxygen atoms in total. The van der Waals surface area contributed by atoms with Crippen molar-refractivity contribution in [3.63, 3.8) is 0 Å². The van der Waals surface area contributed by atoms with E-state index in [1.54, 1.807) is 0 Å². The van der Waals surface area contributed by atoms with Crippen molar-refractivity contribution >= 4 is 55.1 Å². The summed E-state index contributed by atoms with van der Waals surface area (Å²) in [5, 5.41) is 2.63. The number of aryl methyl sites for hydroxylation is 2. The minimum Gasteiger partial charge on any atom is -0.355 e. The summed E-state index contributed by atoms with van der Waals surface area (Å²) in [5.74, 6) is 0. The summed E-state index contributed by atoms with van der Waals surface area (Å²) in [7, 11) is 0. The Labute approximate surface area is 284 Å². The van der Waals surface area contributed by atoms with E-state index in [2.05, 4.69) is 112 Å². The third-order valence-electron chi connectivity index (χ3n) is 11.0. The minimum atomic E-state index is 0.970. The number of aromatic amines is 2. The third-order valence-corrected chi connectivity index (χ3v) is 11.0. The van der Waals surface area contributed by atoms with E-state index in [0.29, 0.717) is 0 Å². The monoisotopic (exact) mass is 630 g/mol. The molecule has 2 N–H and O–H groups in total. The third kappa shape index (κ3) is 4.71. The molecule has 4 heteroatoms. The second-order valence-corrected chi connectivity index (χ2v) is 13.8. The number of nitrogens with one attached hydrogen (secondary N) is 2. The van der Waals surface area contributed by atoms with Gasteiger partial charge in [0.25, 0.3) is 0 Å². The number of nitrogens with zero attached hydrogens (tertiary/aromatic N) is 2. The standard InChI is InChI=1S/C44H46N4/c1-7-11-17-30-25(5)34-21-36-28(9-3)29(10-4)37(47-36)22-35-26(6)31(18-12-8-2)39(46-35)24-41-44-33-20-14-16-27-15-13-19-32(42(27)33)43(44)40(48-41)23-38(30)45-34/h13-16,19-24,47-48H,7-12,17-18H2,1-6H3. The first-order valence-electron chi connectivity index (χ1n) is 18.2. The summed E-state index contributed by atoms with van der Waals surface area (Å²) in [6.07, 6.45) is 8.59. The van der Waals surface area contributed by atoms with Crippen LogP contribution in [0.1, 0.15) is 114 Å². The van der Waals surface area contributed by atoms with Crippen LogP contribution in [-0.2, 0) is 12.8 Å². The van der Waals surface area contributed by atoms with E-state index in [0.717, 1.165) is 85.2 Å². The molecule has 0 radical (unpaired) electrons. The van der Waals surface area contributed by atoms with Crippen LogP contribution in [0.2, 0.25) is 0 Å². The Kier molecular flexibility index (Phi) is 7.70. The van der Waals surface area contributed by atoms with Gasteiger partial charge in [-0.3, -0.25) is 0 Å². The Morgan fingerprint density at radius 2 is 0.979 bits per heavy atom. The lowest BCUT2D eigenvalue weighted by Gasteiger charge is -2.05. The molecule has 8 rings (SSSR count). The molecular formula is C44H46N4. The molecule has 0 atom stereocenters. The Morgan fingerprint density at radius 3 is 1.42 bits per heavy atom. The summed E-state index contributed by atoms with van der Waals surface area (Å²) < 4.78 is 0. The maximum absolute atomic E-state index is 5.40. The summed E-state index contributed by atoms with van der Waals surface area (Å²) in [6, 6.07) is 22.7. The highest BCUT2D eigenvalue weighted by molar-refractivity contribution is 6.22. The molecule has 5 aromatic rings. The summed E-state index contributed by atoms with van der Waals surface area (Å²) in [4.78, 5) is 18.6. The molecule has 3 aromatic heterocycles. The van der Waals surface area contributed by atoms with Crippen LogP contribution in [0.4, 0.5) is 0 Å². The molecule has 0 saturated heterocycles. The first-order chi connectivity index (χ1) is 23.4. The van der Waals surface area contributed by atoms with E-state index < -0.39 is 0 Å². The fourth-order valence-corrected chi connectivity index (χ4v) is 8.41. The van der Waals surface area contributed by atoms with Crippen molar-refractivity contribution in [1.82, 2.24) is 19.9 Å². The number of H-pyrrole nitrogens is 2. The van der Waals surface area contributed by atoms with Crippen LogP contribution in [0.3, 0.4) is 0 Å². The van der Waals surface area contributed by atoms with Crippen LogP contribution in [0.25, 0.3) is 77.4 Å². The maximum Gasteiger partial charge on any atom is 0.0693 e. The molecular weight excluding hydrogens is 585 g/mol. The van der Waals surface area contributed by atoms with Gasteiger partial charge in [0.15, 0.2) is 0 Å². The molecule has 242 valence electrons. The number of hydrogen-bond donors (Lipinski definition) is 2. The quantitative estimate of drug-likeness (QED) is 0.176. The van der Waals surface area contributed by atoms with Gasteiger partial charge < -0.3 is 9.97 Å². The average molecular weight is 631 g/mol. The molecule has 5 heterocycles. The lowest BCUT2D eigenvalue weighted by Crippen LogP contribution is -1.86. The largest absolute Gasteiger partial charge is 0.355 e. The van der Waals surface area contributed by atoms with Crippen molar-refractivity contribution in [2.24, 2.45) is 0 Å². The summed E-state index contributed by atoms with van der Waals surface area (Å²) in [5.41, 5.74) is 22.1. The molecule has 0 unspecified atom stereocenters. The topological polar surface area (TPSA) is 57.4 Å². The first kappa shape index (κ1) is 30.6. The highest BCUT2D eigenvalue weighted by Crippen LogP contribution is 2.51. The summed E-state index contributed by atoms with van der Waals surface area (Å²) in [6.45, 7) is 13.6. The van der Waals surface area contributed by atoms with Crippen molar-refractivity contribution < 1.29 is 0 Å². The number of hydrogen-bond acceptors (Lipinski definition) is 2. The first-order valence-corrected chi connectivity index (χ1v) is 18.2. The number of rotatable bonds is 8. The smallest absolute Gasteiger partial charge is 0.0693 e. The van der Waals surface area contributed by atoms with Crippen molar-refractivity contribution in [2.45, 2.75) is 92.9 Å². The fraction of sp³-hybridized carbons (Fsp3) is 0.318. The van der Waals surface area contributed by atoms with E-state index in [1.165, 1.54) is 77.5 Å². The van der Waals surface area contributed by atoms with E-state index >= 15 is 0 Å². The minimum absolute atomic E-state index is 0.970. The predicted molar refractivity (Wildman–Crippen MR) is 206 cm³/mol. The molecule has 0 spiro atoms. The van der Waals surface area contributed by atoms with E-state index in [-0.39, 0.29) is 0 Å². The zero-order valence-corrected chi connectivity index (χ0v) is 29.3. The fourth-order valence-electron chi connectivity index (χ4n) is 8.41. The van der Waals surface area contributed by atoms with Gasteiger partial charge in [0.05, 0.1) is 22.8 Å². The number of aromatic nitrogens is 4. The number of allylic oxidation sites excluding steroid dienone is 4. The summed E-state index contributed by atoms with van der Waals surface area (Å²) >= 11 is 0. The van der Waals surface area contributed by atoms with E-state index in [4.69, 9.17) is 9.97 Å². The molecule has 8 bridgehead atoms. The molecule has 3 aliphatic rings. The van der Waals surface area contributed by atoms with Gasteiger partial charge in [-0.05, 0) is 132 Å². The van der Waals surface area contributed by atoms with Gasteiger partial charge in [0, 0.05) is 33.2 Å². The molecule has 2 aromatic carbocycles. The number of unbranched alkanes of at least 4 members (excludes halogenated alkanes) is 2. The van der Waals surface area contributed by atoms with Crippen LogP contribution >= 0.6 is 0 Å². The number of benzene rings is 2. The van der Waals surface area contributed by atoms with Crippen LogP contribution in [0, 0.1) is 0 Å². The van der Waals surface area contributed by atoms with Crippen molar-refractivity contribution in [1.29, 1.82) is 0 Å². The Bertz CT molecular complexity index is 2200. The molecule has 2 aliphatic heterocycles. The maximum atomic E-state index is 5.40. The lowest BCUT2D eigenvalue weighted by atomic mass is 9.99. The average Bonchev–Trinajstić information content (AvgIpc) is 3.86. The number of fused-ring (bicyclic) bond motifs is 13. The SMILES string of the molecule is CCCCC1=C(C)c2cc3[nH]c(cc4nc(cc5[nH]c(cc1n2)c1c5-c2cccc5cccc-1c25)C(CCCC)=C4C)c(CC)c3CC. The van der Waals surface area contributed by atoms with Gasteiger partial charge in [-0.25, -0.2) is 9.97 Å². The van der Waals surface area contributed by atoms with Gasteiger partial charge in [-0.15, -0.1) is 0 Å². The van der Waals surface area contributed by atoms with E-state index in [1.807, 2.05) is 0 Å². The van der Waals surface area contributed by atoms with Crippen molar-refractivity contribution in [3.8, 4) is 22.3 Å². The molecule has 48 heavy (non-hydrogen) atoms. The Hall–Kier alpha value is -4.70. The lowest BCUT2D eigenvalue weighted by molar-refractivity contribution is 0.824. The highest BCUT2D eigenvalue weighted by atomic mass is 14.8. The second-order valence-electron chi connectivity index (χ2n) is 13.8. The predicted octanol–water partition coefficient (Wildman–Crippen LogP) is 12.5. The molecule has 0 amide bonds. The normalized spacial score (nSPS) is 13.7. The Morgan fingerprint density at radius 1 is 0.542 bits per heavy atom. The Balaban J connectivity index is 1.54. The molecule has 0 fully saturated rings. The zero-order chi connectivity index (χ0) is 33.1. The van der Waals surface area contributed by atoms with Gasteiger partial charge in [0.2, 0.25) is 0 Å². The van der Waals surface area contributed by atoms with Gasteiger partial charge in [-0.1, -0.05) is 76.9 Å². The zero-order valence-electron chi connectivity index (χ0n) is 29.3. The molecule has 0 saturated carbocycles. The van der Waals surface area contributed by atoms with Crippen LogP contribution < -0.4 is 0 Å². The van der Waals surface area contributed by atoms with Gasteiger partial charge in [0.1, 0.15) is 0 Å². The highest BCUT2D eigenvalue weighted by Gasteiger charge is 2.27. The van der Waals surface area contributed by atoms with Gasteiger partial charge in [-0.2, -0.15) is 0 Å². The second kappa shape index (κ2) is 12.1. The van der Waals surface area contributed by atoms with E-state index in [9.17, 15) is 0 Å². The van der Waals surface area contributed by atoms with Crippen LogP contribution in [-0.4, -0.2) is 19.9 Å². The van der Waals surface area contributed by atoms with Crippen molar-refractivity contribution in [2.75, 3.05) is 0 Å².